The standard InChI is InChI=1S/C12H14BrN3O2S/c1-19(17,18)16-8-7-15-12-10-3-2-4-11(13)9(10)5-6-14-12/h2-6,16H,7-8H2,1H3,(H,14,15). The number of sulfonamides is 1. The molecule has 0 aliphatic carbocycles. The average Bonchev–Trinajstić information content (AvgIpc) is 2.34. The predicted octanol–water partition coefficient (Wildman–Crippen LogP) is 1.96. The summed E-state index contributed by atoms with van der Waals surface area (Å²) in [6, 6.07) is 7.81. The Morgan fingerprint density at radius 3 is 2.74 bits per heavy atom. The monoisotopic (exact) mass is 343 g/mol. The molecule has 2 N–H and O–H groups in total. The van der Waals surface area contributed by atoms with Gasteiger partial charge in [-0.25, -0.2) is 18.1 Å². The molecule has 1 aromatic carbocycles. The van der Waals surface area contributed by atoms with E-state index in [0.29, 0.717) is 13.1 Å². The van der Waals surface area contributed by atoms with Crippen molar-refractivity contribution in [1.29, 1.82) is 0 Å². The lowest BCUT2D eigenvalue weighted by molar-refractivity contribution is 0.589. The number of nitrogens with zero attached hydrogens (tertiary/aromatic N) is 1. The number of pyridine rings is 1. The molecule has 0 atom stereocenters. The summed E-state index contributed by atoms with van der Waals surface area (Å²) in [5, 5.41) is 5.19. The Labute approximate surface area is 120 Å². The van der Waals surface area contributed by atoms with Gasteiger partial charge in [0.25, 0.3) is 0 Å². The smallest absolute Gasteiger partial charge is 0.208 e. The average molecular weight is 344 g/mol. The van der Waals surface area contributed by atoms with Gasteiger partial charge in [0.2, 0.25) is 10.0 Å². The Bertz CT molecular complexity index is 688. The summed E-state index contributed by atoms with van der Waals surface area (Å²) in [5.74, 6) is 0.745. The fourth-order valence-electron chi connectivity index (χ4n) is 1.73. The highest BCUT2D eigenvalue weighted by atomic mass is 79.9. The summed E-state index contributed by atoms with van der Waals surface area (Å²) < 4.78 is 25.3. The van der Waals surface area contributed by atoms with Gasteiger partial charge in [-0.1, -0.05) is 28.1 Å². The summed E-state index contributed by atoms with van der Waals surface area (Å²) in [7, 11) is -3.15. The van der Waals surface area contributed by atoms with Crippen molar-refractivity contribution in [2.24, 2.45) is 0 Å². The summed E-state index contributed by atoms with van der Waals surface area (Å²) in [4.78, 5) is 4.27. The molecule has 0 saturated carbocycles. The summed E-state index contributed by atoms with van der Waals surface area (Å²) in [6.45, 7) is 0.802. The van der Waals surface area contributed by atoms with E-state index in [1.807, 2.05) is 24.3 Å². The minimum atomic E-state index is -3.15. The van der Waals surface area contributed by atoms with Gasteiger partial charge in [0.15, 0.2) is 0 Å². The molecule has 2 rings (SSSR count). The molecule has 102 valence electrons. The number of benzene rings is 1. The van der Waals surface area contributed by atoms with Crippen LogP contribution < -0.4 is 10.0 Å². The lowest BCUT2D eigenvalue weighted by Gasteiger charge is -2.09. The van der Waals surface area contributed by atoms with Gasteiger partial charge in [0.05, 0.1) is 6.26 Å². The van der Waals surface area contributed by atoms with Gasteiger partial charge < -0.3 is 5.32 Å². The third-order valence-electron chi connectivity index (χ3n) is 2.53. The maximum Gasteiger partial charge on any atom is 0.208 e. The van der Waals surface area contributed by atoms with E-state index < -0.39 is 10.0 Å². The molecule has 0 aliphatic heterocycles. The number of fused-ring (bicyclic) bond motifs is 1. The zero-order valence-electron chi connectivity index (χ0n) is 10.4. The van der Waals surface area contributed by atoms with Crippen molar-refractivity contribution in [3.05, 3.63) is 34.9 Å². The molecule has 1 heterocycles. The van der Waals surface area contributed by atoms with Crippen LogP contribution in [0.3, 0.4) is 0 Å². The van der Waals surface area contributed by atoms with Crippen LogP contribution in [0.15, 0.2) is 34.9 Å². The van der Waals surface area contributed by atoms with Gasteiger partial charge in [-0.15, -0.1) is 0 Å². The Morgan fingerprint density at radius 1 is 1.21 bits per heavy atom. The largest absolute Gasteiger partial charge is 0.368 e. The highest BCUT2D eigenvalue weighted by molar-refractivity contribution is 9.10. The van der Waals surface area contributed by atoms with E-state index in [1.165, 1.54) is 0 Å². The number of halogens is 1. The lowest BCUT2D eigenvalue weighted by atomic mass is 10.1. The first-order chi connectivity index (χ1) is 8.97. The highest BCUT2D eigenvalue weighted by Gasteiger charge is 2.04. The molecule has 1 aromatic heterocycles. The first kappa shape index (κ1) is 14.2. The van der Waals surface area contributed by atoms with Crippen LogP contribution in [0.25, 0.3) is 10.8 Å². The molecule has 0 fully saturated rings. The van der Waals surface area contributed by atoms with Crippen molar-refractivity contribution < 1.29 is 8.42 Å². The molecule has 0 unspecified atom stereocenters. The van der Waals surface area contributed by atoms with Crippen molar-refractivity contribution in [3.8, 4) is 0 Å². The van der Waals surface area contributed by atoms with Crippen molar-refractivity contribution in [2.45, 2.75) is 0 Å². The maximum atomic E-state index is 10.9. The summed E-state index contributed by atoms with van der Waals surface area (Å²) in [5.41, 5.74) is 0. The van der Waals surface area contributed by atoms with Gasteiger partial charge in [-0.2, -0.15) is 0 Å². The molecule has 0 radical (unpaired) electrons. The third kappa shape index (κ3) is 3.89. The van der Waals surface area contributed by atoms with Crippen LogP contribution in [-0.4, -0.2) is 32.7 Å². The zero-order valence-corrected chi connectivity index (χ0v) is 12.8. The number of nitrogens with one attached hydrogen (secondary N) is 2. The van der Waals surface area contributed by atoms with Crippen LogP contribution in [-0.2, 0) is 10.0 Å². The van der Waals surface area contributed by atoms with Crippen LogP contribution in [0, 0.1) is 0 Å². The molecule has 0 bridgehead atoms. The molecule has 0 spiro atoms. The number of aromatic nitrogens is 1. The van der Waals surface area contributed by atoms with E-state index in [4.69, 9.17) is 0 Å². The lowest BCUT2D eigenvalue weighted by Crippen LogP contribution is -2.27. The van der Waals surface area contributed by atoms with Gasteiger partial charge in [-0.05, 0) is 12.1 Å². The number of hydrogen-bond donors (Lipinski definition) is 2. The van der Waals surface area contributed by atoms with Gasteiger partial charge >= 0.3 is 0 Å². The minimum Gasteiger partial charge on any atom is -0.368 e. The molecular formula is C12H14BrN3O2S. The first-order valence-corrected chi connectivity index (χ1v) is 8.37. The zero-order chi connectivity index (χ0) is 13.9. The predicted molar refractivity (Wildman–Crippen MR) is 80.8 cm³/mol. The molecular weight excluding hydrogens is 330 g/mol. The Hall–Kier alpha value is -1.18. The SMILES string of the molecule is CS(=O)(=O)NCCNc1nccc2c(Br)cccc12. The van der Waals surface area contributed by atoms with Gasteiger partial charge in [-0.3, -0.25) is 0 Å². The van der Waals surface area contributed by atoms with Crippen molar-refractivity contribution in [3.63, 3.8) is 0 Å². The topological polar surface area (TPSA) is 71.1 Å². The molecule has 7 heteroatoms. The van der Waals surface area contributed by atoms with E-state index in [0.717, 1.165) is 27.3 Å². The second-order valence-electron chi connectivity index (χ2n) is 4.09. The highest BCUT2D eigenvalue weighted by Crippen LogP contribution is 2.27. The first-order valence-electron chi connectivity index (χ1n) is 5.69. The fourth-order valence-corrected chi connectivity index (χ4v) is 2.70. The van der Waals surface area contributed by atoms with Crippen LogP contribution in [0.2, 0.25) is 0 Å². The van der Waals surface area contributed by atoms with E-state index in [1.54, 1.807) is 6.20 Å². The fraction of sp³-hybridized carbons (Fsp3) is 0.250. The summed E-state index contributed by atoms with van der Waals surface area (Å²) >= 11 is 3.49. The Morgan fingerprint density at radius 2 is 2.00 bits per heavy atom. The Kier molecular flexibility index (Phi) is 4.38. The quantitative estimate of drug-likeness (QED) is 0.814. The molecule has 2 aromatic rings. The van der Waals surface area contributed by atoms with Crippen molar-refractivity contribution >= 4 is 42.5 Å². The molecule has 5 nitrogen and oxygen atoms in total. The number of rotatable bonds is 5. The molecule has 0 saturated heterocycles. The van der Waals surface area contributed by atoms with Crippen LogP contribution >= 0.6 is 15.9 Å². The van der Waals surface area contributed by atoms with Crippen LogP contribution in [0.5, 0.6) is 0 Å². The Balaban J connectivity index is 2.11. The maximum absolute atomic E-state index is 10.9. The molecule has 19 heavy (non-hydrogen) atoms. The van der Waals surface area contributed by atoms with E-state index in [2.05, 4.69) is 31.0 Å². The summed E-state index contributed by atoms with van der Waals surface area (Å²) in [6.07, 6.45) is 2.86. The van der Waals surface area contributed by atoms with Gasteiger partial charge in [0.1, 0.15) is 5.82 Å². The number of hydrogen-bond acceptors (Lipinski definition) is 4. The van der Waals surface area contributed by atoms with E-state index in [-0.39, 0.29) is 0 Å². The van der Waals surface area contributed by atoms with Gasteiger partial charge in [0, 0.05) is 34.5 Å². The second-order valence-corrected chi connectivity index (χ2v) is 6.78. The van der Waals surface area contributed by atoms with Crippen LogP contribution in [0.4, 0.5) is 5.82 Å². The normalized spacial score (nSPS) is 11.7. The third-order valence-corrected chi connectivity index (χ3v) is 3.95. The van der Waals surface area contributed by atoms with E-state index in [9.17, 15) is 8.42 Å². The van der Waals surface area contributed by atoms with Crippen LogP contribution in [0.1, 0.15) is 0 Å². The second kappa shape index (κ2) is 5.85. The number of anilines is 1. The molecule has 0 aliphatic rings. The van der Waals surface area contributed by atoms with Crippen molar-refractivity contribution in [2.75, 3.05) is 24.7 Å². The van der Waals surface area contributed by atoms with E-state index >= 15 is 0 Å². The van der Waals surface area contributed by atoms with Crippen molar-refractivity contribution in [1.82, 2.24) is 9.71 Å². The minimum absolute atomic E-state index is 0.324. The molecule has 0 amide bonds.